The molecule has 0 unspecified atom stereocenters. The zero-order valence-corrected chi connectivity index (χ0v) is 23.0. The maximum Gasteiger partial charge on any atom is 0.423 e. The summed E-state index contributed by atoms with van der Waals surface area (Å²) in [6.45, 7) is 7.08. The Hall–Kier alpha value is -5.27. The maximum atomic E-state index is 13.5. The van der Waals surface area contributed by atoms with Crippen LogP contribution in [-0.4, -0.2) is 69.4 Å². The summed E-state index contributed by atoms with van der Waals surface area (Å²) in [5.74, 6) is -3.07. The van der Waals surface area contributed by atoms with Crippen LogP contribution in [0.3, 0.4) is 0 Å². The van der Waals surface area contributed by atoms with Crippen LogP contribution in [-0.2, 0) is 19.1 Å². The van der Waals surface area contributed by atoms with Gasteiger partial charge < -0.3 is 25.2 Å². The van der Waals surface area contributed by atoms with Crippen LogP contribution in [0.25, 0.3) is 5.52 Å². The van der Waals surface area contributed by atoms with Gasteiger partial charge in [-0.1, -0.05) is 13.0 Å². The predicted molar refractivity (Wildman–Crippen MR) is 146 cm³/mol. The fraction of sp³-hybridized carbons (Fsp3) is 0.296. The number of benzene rings is 1. The molecule has 3 aromatic rings. The van der Waals surface area contributed by atoms with Crippen molar-refractivity contribution in [3.05, 3.63) is 65.1 Å². The number of hydrogen-bond donors (Lipinski definition) is 3. The van der Waals surface area contributed by atoms with E-state index in [2.05, 4.69) is 20.7 Å². The first-order chi connectivity index (χ1) is 19.6. The zero-order chi connectivity index (χ0) is 30.1. The van der Waals surface area contributed by atoms with Gasteiger partial charge in [0.15, 0.2) is 5.82 Å². The Kier molecular flexibility index (Phi) is 10.1. The molecule has 216 valence electrons. The molecule has 0 aliphatic heterocycles. The number of aliphatic carboxylic acids is 1. The van der Waals surface area contributed by atoms with Gasteiger partial charge >= 0.3 is 18.0 Å². The van der Waals surface area contributed by atoms with E-state index in [1.807, 2.05) is 6.92 Å². The van der Waals surface area contributed by atoms with Crippen LogP contribution in [0.15, 0.2) is 42.9 Å². The summed E-state index contributed by atoms with van der Waals surface area (Å²) >= 11 is 0. The maximum absolute atomic E-state index is 13.5. The molecule has 0 saturated carbocycles. The molecule has 0 aliphatic rings. The number of rotatable bonds is 11. The van der Waals surface area contributed by atoms with Gasteiger partial charge in [0, 0.05) is 37.0 Å². The summed E-state index contributed by atoms with van der Waals surface area (Å²) < 4.78 is 11.4. The molecule has 1 aromatic carbocycles. The Morgan fingerprint density at radius 1 is 1.05 bits per heavy atom. The number of hydrogen-bond acceptors (Lipinski definition) is 9. The van der Waals surface area contributed by atoms with Gasteiger partial charge in [-0.15, -0.1) is 0 Å². The Morgan fingerprint density at radius 2 is 1.80 bits per heavy atom. The molecule has 3 amide bonds. The van der Waals surface area contributed by atoms with Gasteiger partial charge in [-0.05, 0) is 50.5 Å². The summed E-state index contributed by atoms with van der Waals surface area (Å²) in [5, 5.41) is 18.4. The fourth-order valence-electron chi connectivity index (χ4n) is 3.81. The van der Waals surface area contributed by atoms with Crippen molar-refractivity contribution in [1.82, 2.24) is 25.2 Å². The van der Waals surface area contributed by atoms with Crippen molar-refractivity contribution >= 4 is 46.9 Å². The molecule has 0 atom stereocenters. The van der Waals surface area contributed by atoms with E-state index in [4.69, 9.17) is 14.6 Å². The van der Waals surface area contributed by atoms with E-state index in [-0.39, 0.29) is 28.9 Å². The van der Waals surface area contributed by atoms with Gasteiger partial charge in [-0.2, -0.15) is 5.10 Å². The molecule has 3 rings (SSSR count). The molecule has 41 heavy (non-hydrogen) atoms. The van der Waals surface area contributed by atoms with E-state index in [1.54, 1.807) is 32.9 Å². The van der Waals surface area contributed by atoms with Crippen LogP contribution < -0.4 is 15.5 Å². The molecular weight excluding hydrogens is 536 g/mol. The second-order valence-electron chi connectivity index (χ2n) is 8.66. The highest BCUT2D eigenvalue weighted by atomic mass is 16.7. The first-order valence-corrected chi connectivity index (χ1v) is 12.6. The Labute approximate surface area is 234 Å². The standard InChI is InChI=1S/C27H30N6O8/c1-5-11-29-26(38)19-13-32-23(17(19)4)24(30-14-31-32)33(27(39)41-15-40-22(36)10-9-21(34)35)20-12-18(8-7-16(20)3)25(37)28-6-2/h7-10,12-14H,5-6,11,15H2,1-4H3,(H,28,37)(H,29,38)(H,34,35)/b10-9+. The lowest BCUT2D eigenvalue weighted by Crippen LogP contribution is -2.30. The van der Waals surface area contributed by atoms with Gasteiger partial charge in [0.25, 0.3) is 11.8 Å². The minimum Gasteiger partial charge on any atom is -0.478 e. The van der Waals surface area contributed by atoms with Gasteiger partial charge in [0.05, 0.1) is 11.3 Å². The van der Waals surface area contributed by atoms with Gasteiger partial charge in [0.1, 0.15) is 11.8 Å². The van der Waals surface area contributed by atoms with Crippen LogP contribution in [0.5, 0.6) is 0 Å². The first-order valence-electron chi connectivity index (χ1n) is 12.6. The number of nitrogens with zero attached hydrogens (tertiary/aromatic N) is 4. The highest BCUT2D eigenvalue weighted by Crippen LogP contribution is 2.34. The highest BCUT2D eigenvalue weighted by Gasteiger charge is 2.29. The number of carbonyl (C=O) groups is 5. The summed E-state index contributed by atoms with van der Waals surface area (Å²) in [7, 11) is 0. The van der Waals surface area contributed by atoms with Crippen LogP contribution >= 0.6 is 0 Å². The smallest absolute Gasteiger partial charge is 0.423 e. The minimum absolute atomic E-state index is 0.0327. The van der Waals surface area contributed by atoms with Crippen molar-refractivity contribution in [2.24, 2.45) is 0 Å². The molecule has 3 N–H and O–H groups in total. The molecule has 2 aromatic heterocycles. The minimum atomic E-state index is -1.36. The Bertz CT molecular complexity index is 1510. The zero-order valence-electron chi connectivity index (χ0n) is 23.0. The summed E-state index contributed by atoms with van der Waals surface area (Å²) in [6, 6.07) is 4.72. The monoisotopic (exact) mass is 566 g/mol. The van der Waals surface area contributed by atoms with Crippen molar-refractivity contribution in [2.75, 3.05) is 24.8 Å². The van der Waals surface area contributed by atoms with Crippen LogP contribution in [0.4, 0.5) is 16.3 Å². The number of aryl methyl sites for hydroxylation is 2. The molecule has 0 saturated heterocycles. The van der Waals surface area contributed by atoms with E-state index in [0.717, 1.165) is 11.3 Å². The lowest BCUT2D eigenvalue weighted by Gasteiger charge is -2.24. The quantitative estimate of drug-likeness (QED) is 0.177. The highest BCUT2D eigenvalue weighted by molar-refractivity contribution is 6.05. The van der Waals surface area contributed by atoms with E-state index in [9.17, 15) is 24.0 Å². The summed E-state index contributed by atoms with van der Waals surface area (Å²) in [4.78, 5) is 66.7. The number of esters is 1. The average molecular weight is 567 g/mol. The van der Waals surface area contributed by atoms with Crippen LogP contribution in [0.2, 0.25) is 0 Å². The average Bonchev–Trinajstić information content (AvgIpc) is 3.28. The summed E-state index contributed by atoms with van der Waals surface area (Å²) in [6.07, 6.45) is 3.65. The number of ether oxygens (including phenoxy) is 2. The number of carbonyl (C=O) groups excluding carboxylic acids is 4. The van der Waals surface area contributed by atoms with Crippen molar-refractivity contribution in [3.8, 4) is 0 Å². The first kappa shape index (κ1) is 30.3. The third kappa shape index (κ3) is 7.23. The number of anilines is 2. The number of carboxylic acids is 1. The van der Waals surface area contributed by atoms with E-state index >= 15 is 0 Å². The number of fused-ring (bicyclic) bond motifs is 1. The topological polar surface area (TPSA) is 182 Å². The predicted octanol–water partition coefficient (Wildman–Crippen LogP) is 2.65. The summed E-state index contributed by atoms with van der Waals surface area (Å²) in [5.41, 5.74) is 2.17. The fourth-order valence-corrected chi connectivity index (χ4v) is 3.81. The normalized spacial score (nSPS) is 10.8. The molecule has 0 fully saturated rings. The lowest BCUT2D eigenvalue weighted by molar-refractivity contribution is -0.146. The van der Waals surface area contributed by atoms with Crippen LogP contribution in [0, 0.1) is 13.8 Å². The molecule has 0 bridgehead atoms. The Morgan fingerprint density at radius 3 is 2.49 bits per heavy atom. The molecule has 0 aliphatic carbocycles. The number of aromatic nitrogens is 3. The number of amides is 3. The van der Waals surface area contributed by atoms with Crippen molar-refractivity contribution in [2.45, 2.75) is 34.1 Å². The number of carboxylic acid groups (broad SMARTS) is 1. The molecule has 14 heteroatoms. The van der Waals surface area contributed by atoms with E-state index in [0.29, 0.717) is 47.4 Å². The molecule has 2 heterocycles. The molecule has 0 spiro atoms. The van der Waals surface area contributed by atoms with Crippen molar-refractivity contribution in [3.63, 3.8) is 0 Å². The van der Waals surface area contributed by atoms with Crippen molar-refractivity contribution < 1.29 is 38.6 Å². The van der Waals surface area contributed by atoms with Gasteiger partial charge in [0.2, 0.25) is 6.79 Å². The van der Waals surface area contributed by atoms with Crippen LogP contribution in [0.1, 0.15) is 52.1 Å². The second-order valence-corrected chi connectivity index (χ2v) is 8.66. The molecule has 0 radical (unpaired) electrons. The molecular formula is C27H30N6O8. The largest absolute Gasteiger partial charge is 0.478 e. The molecule has 14 nitrogen and oxygen atoms in total. The van der Waals surface area contributed by atoms with E-state index in [1.165, 1.54) is 23.1 Å². The third-order valence-corrected chi connectivity index (χ3v) is 5.78. The Balaban J connectivity index is 2.10. The SMILES string of the molecule is CCCNC(=O)c1cn2ncnc(N(C(=O)OCOC(=O)/C=C/C(=O)O)c3cc(C(=O)NCC)ccc3C)c2c1C. The third-order valence-electron chi connectivity index (χ3n) is 5.78. The number of nitrogens with one attached hydrogen (secondary N) is 2. The van der Waals surface area contributed by atoms with Crippen molar-refractivity contribution in [1.29, 1.82) is 0 Å². The second kappa shape index (κ2) is 13.7. The van der Waals surface area contributed by atoms with E-state index < -0.39 is 24.8 Å². The van der Waals surface area contributed by atoms with Gasteiger partial charge in [-0.25, -0.2) is 28.8 Å². The lowest BCUT2D eigenvalue weighted by atomic mass is 10.1. The van der Waals surface area contributed by atoms with Gasteiger partial charge in [-0.3, -0.25) is 9.59 Å².